The van der Waals surface area contributed by atoms with Crippen molar-refractivity contribution in [3.63, 3.8) is 0 Å². The largest absolute Gasteiger partial charge is 0.326 e. The van der Waals surface area contributed by atoms with Gasteiger partial charge in [-0.3, -0.25) is 0 Å². The summed E-state index contributed by atoms with van der Waals surface area (Å²) in [5.41, 5.74) is 0. The second-order valence-electron chi connectivity index (χ2n) is 2.15. The Labute approximate surface area is 75.9 Å². The van der Waals surface area contributed by atoms with Gasteiger partial charge in [0.15, 0.2) is 0 Å². The SMILES string of the molecule is COC(OC)(OC)c1cccs1. The van der Waals surface area contributed by atoms with E-state index in [4.69, 9.17) is 14.2 Å². The average Bonchev–Trinajstić information content (AvgIpc) is 2.62. The van der Waals surface area contributed by atoms with E-state index in [1.54, 1.807) is 21.3 Å². The minimum atomic E-state index is -1.03. The van der Waals surface area contributed by atoms with E-state index in [-0.39, 0.29) is 0 Å². The lowest BCUT2D eigenvalue weighted by atomic mass is 10.4. The third-order valence-corrected chi connectivity index (χ3v) is 2.56. The van der Waals surface area contributed by atoms with E-state index in [9.17, 15) is 0 Å². The first-order valence-electron chi connectivity index (χ1n) is 3.48. The second-order valence-corrected chi connectivity index (χ2v) is 3.09. The van der Waals surface area contributed by atoms with Gasteiger partial charge in [-0.05, 0) is 11.4 Å². The molecule has 1 heterocycles. The molecule has 1 aromatic rings. The molecule has 0 aliphatic carbocycles. The van der Waals surface area contributed by atoms with Gasteiger partial charge in [-0.15, -0.1) is 11.3 Å². The highest BCUT2D eigenvalue weighted by Crippen LogP contribution is 2.30. The van der Waals surface area contributed by atoms with Gasteiger partial charge in [0.05, 0.1) is 4.88 Å². The zero-order valence-electron chi connectivity index (χ0n) is 7.37. The smallest absolute Gasteiger partial charge is 0.320 e. The van der Waals surface area contributed by atoms with Gasteiger partial charge >= 0.3 is 5.97 Å². The van der Waals surface area contributed by atoms with E-state index in [0.717, 1.165) is 4.88 Å². The molecule has 0 aromatic carbocycles. The molecule has 0 N–H and O–H groups in total. The van der Waals surface area contributed by atoms with E-state index in [0.29, 0.717) is 0 Å². The van der Waals surface area contributed by atoms with Gasteiger partial charge in [-0.25, -0.2) is 0 Å². The molecule has 0 bridgehead atoms. The van der Waals surface area contributed by atoms with Crippen molar-refractivity contribution < 1.29 is 14.2 Å². The maximum Gasteiger partial charge on any atom is 0.320 e. The summed E-state index contributed by atoms with van der Waals surface area (Å²) in [6, 6.07) is 3.83. The van der Waals surface area contributed by atoms with Crippen LogP contribution in [0.3, 0.4) is 0 Å². The summed E-state index contributed by atoms with van der Waals surface area (Å²) in [5.74, 6) is -1.03. The molecule has 0 aliphatic heterocycles. The number of hydrogen-bond donors (Lipinski definition) is 0. The minimum Gasteiger partial charge on any atom is -0.326 e. The molecule has 12 heavy (non-hydrogen) atoms. The Morgan fingerprint density at radius 1 is 1.17 bits per heavy atom. The zero-order chi connectivity index (χ0) is 9.03. The molecule has 1 rings (SSSR count). The molecule has 0 fully saturated rings. The summed E-state index contributed by atoms with van der Waals surface area (Å²) in [6.45, 7) is 0. The number of hydrogen-bond acceptors (Lipinski definition) is 4. The third-order valence-electron chi connectivity index (χ3n) is 1.63. The maximum absolute atomic E-state index is 5.15. The van der Waals surface area contributed by atoms with Crippen LogP contribution in [0.5, 0.6) is 0 Å². The molecule has 0 unspecified atom stereocenters. The Hall–Kier alpha value is -0.420. The predicted molar refractivity (Wildman–Crippen MR) is 47.0 cm³/mol. The van der Waals surface area contributed by atoms with E-state index >= 15 is 0 Å². The van der Waals surface area contributed by atoms with Gasteiger partial charge in [-0.1, -0.05) is 6.07 Å². The maximum atomic E-state index is 5.15. The van der Waals surface area contributed by atoms with Crippen LogP contribution in [-0.4, -0.2) is 21.3 Å². The molecular formula is C8H12O3S. The van der Waals surface area contributed by atoms with Crippen LogP contribution in [0.25, 0.3) is 0 Å². The highest BCUT2D eigenvalue weighted by molar-refractivity contribution is 7.10. The Morgan fingerprint density at radius 2 is 1.75 bits per heavy atom. The standard InChI is InChI=1S/C8H12O3S/c1-9-8(10-2,11-3)7-5-4-6-12-7/h4-6H,1-3H3. The molecular weight excluding hydrogens is 176 g/mol. The van der Waals surface area contributed by atoms with Crippen molar-refractivity contribution in [3.8, 4) is 0 Å². The molecule has 0 atom stereocenters. The van der Waals surface area contributed by atoms with Crippen molar-refractivity contribution in [2.24, 2.45) is 0 Å². The predicted octanol–water partition coefficient (Wildman–Crippen LogP) is 1.80. The fraction of sp³-hybridized carbons (Fsp3) is 0.500. The van der Waals surface area contributed by atoms with Crippen molar-refractivity contribution >= 4 is 11.3 Å². The highest BCUT2D eigenvalue weighted by atomic mass is 32.1. The molecule has 1 aromatic heterocycles. The van der Waals surface area contributed by atoms with Gasteiger partial charge in [-0.2, -0.15) is 0 Å². The summed E-state index contributed by atoms with van der Waals surface area (Å²) in [7, 11) is 4.64. The first kappa shape index (κ1) is 9.67. The number of ether oxygens (including phenoxy) is 3. The molecule has 0 radical (unpaired) electrons. The van der Waals surface area contributed by atoms with Crippen LogP contribution >= 0.6 is 11.3 Å². The number of thiophene rings is 1. The Morgan fingerprint density at radius 3 is 2.08 bits per heavy atom. The highest BCUT2D eigenvalue weighted by Gasteiger charge is 2.33. The van der Waals surface area contributed by atoms with Crippen LogP contribution in [0.15, 0.2) is 17.5 Å². The molecule has 0 aliphatic rings. The molecule has 0 saturated heterocycles. The summed E-state index contributed by atoms with van der Waals surface area (Å²) in [5, 5.41) is 1.95. The van der Waals surface area contributed by atoms with Crippen LogP contribution in [-0.2, 0) is 20.2 Å². The second kappa shape index (κ2) is 4.00. The lowest BCUT2D eigenvalue weighted by Crippen LogP contribution is -2.31. The molecule has 0 spiro atoms. The van der Waals surface area contributed by atoms with E-state index in [1.165, 1.54) is 11.3 Å². The summed E-state index contributed by atoms with van der Waals surface area (Å²) in [6.07, 6.45) is 0. The van der Waals surface area contributed by atoms with Crippen LogP contribution in [0.1, 0.15) is 4.88 Å². The normalized spacial score (nSPS) is 11.9. The fourth-order valence-electron chi connectivity index (χ4n) is 1.00. The van der Waals surface area contributed by atoms with Crippen molar-refractivity contribution in [3.05, 3.63) is 22.4 Å². The van der Waals surface area contributed by atoms with Crippen molar-refractivity contribution in [1.82, 2.24) is 0 Å². The van der Waals surface area contributed by atoms with E-state index < -0.39 is 5.97 Å². The topological polar surface area (TPSA) is 27.7 Å². The van der Waals surface area contributed by atoms with E-state index in [1.807, 2.05) is 17.5 Å². The summed E-state index contributed by atoms with van der Waals surface area (Å²) < 4.78 is 15.4. The van der Waals surface area contributed by atoms with Crippen LogP contribution in [0, 0.1) is 0 Å². The quantitative estimate of drug-likeness (QED) is 0.674. The summed E-state index contributed by atoms with van der Waals surface area (Å²) in [4.78, 5) is 0.898. The van der Waals surface area contributed by atoms with Crippen molar-refractivity contribution in [2.45, 2.75) is 5.97 Å². The Kier molecular flexibility index (Phi) is 3.22. The van der Waals surface area contributed by atoms with Gasteiger partial charge < -0.3 is 14.2 Å². The third kappa shape index (κ3) is 1.51. The Balaban J connectivity index is 2.93. The summed E-state index contributed by atoms with van der Waals surface area (Å²) >= 11 is 1.53. The lowest BCUT2D eigenvalue weighted by Gasteiger charge is -2.27. The molecule has 3 nitrogen and oxygen atoms in total. The van der Waals surface area contributed by atoms with Gasteiger partial charge in [0.1, 0.15) is 0 Å². The molecule has 4 heteroatoms. The zero-order valence-corrected chi connectivity index (χ0v) is 8.18. The van der Waals surface area contributed by atoms with E-state index in [2.05, 4.69) is 0 Å². The monoisotopic (exact) mass is 188 g/mol. The van der Waals surface area contributed by atoms with Gasteiger partial charge in [0.25, 0.3) is 0 Å². The minimum absolute atomic E-state index is 0.898. The average molecular weight is 188 g/mol. The van der Waals surface area contributed by atoms with Gasteiger partial charge in [0.2, 0.25) is 0 Å². The molecule has 0 amide bonds. The fourth-order valence-corrected chi connectivity index (χ4v) is 1.86. The first-order valence-corrected chi connectivity index (χ1v) is 4.36. The van der Waals surface area contributed by atoms with Crippen molar-refractivity contribution in [2.75, 3.05) is 21.3 Å². The van der Waals surface area contributed by atoms with Crippen LogP contribution in [0.2, 0.25) is 0 Å². The van der Waals surface area contributed by atoms with Gasteiger partial charge in [0, 0.05) is 21.3 Å². The lowest BCUT2D eigenvalue weighted by molar-refractivity contribution is -0.362. The van der Waals surface area contributed by atoms with Crippen LogP contribution < -0.4 is 0 Å². The first-order chi connectivity index (χ1) is 5.79. The molecule has 0 saturated carbocycles. The van der Waals surface area contributed by atoms with Crippen molar-refractivity contribution in [1.29, 1.82) is 0 Å². The molecule has 68 valence electrons. The number of rotatable bonds is 4. The van der Waals surface area contributed by atoms with Crippen LogP contribution in [0.4, 0.5) is 0 Å². The Bertz CT molecular complexity index is 208. The number of methoxy groups -OCH3 is 3.